The van der Waals surface area contributed by atoms with Crippen molar-refractivity contribution >= 4 is 5.69 Å². The number of H-pyrrole nitrogens is 1. The molecule has 0 aliphatic heterocycles. The van der Waals surface area contributed by atoms with E-state index in [4.69, 9.17) is 0 Å². The van der Waals surface area contributed by atoms with E-state index in [0.29, 0.717) is 23.4 Å². The van der Waals surface area contributed by atoms with Gasteiger partial charge in [-0.25, -0.2) is 0 Å². The van der Waals surface area contributed by atoms with E-state index in [1.165, 1.54) is 0 Å². The third-order valence-electron chi connectivity index (χ3n) is 3.64. The molecule has 0 atom stereocenters. The molecule has 0 unspecified atom stereocenters. The lowest BCUT2D eigenvalue weighted by molar-refractivity contribution is 0.279. The van der Waals surface area contributed by atoms with Crippen LogP contribution in [0.2, 0.25) is 0 Å². The van der Waals surface area contributed by atoms with Crippen LogP contribution >= 0.6 is 0 Å². The van der Waals surface area contributed by atoms with E-state index in [2.05, 4.69) is 25.7 Å². The summed E-state index contributed by atoms with van der Waals surface area (Å²) < 4.78 is 0. The molecule has 0 saturated heterocycles. The maximum atomic E-state index is 10.2. The number of anilines is 1. The molecule has 3 rings (SSSR count). The number of hydrogen-bond donors (Lipinski definition) is 4. The second-order valence-corrected chi connectivity index (χ2v) is 5.14. The molecule has 7 heteroatoms. The molecular weight excluding hydrogens is 294 g/mol. The van der Waals surface area contributed by atoms with Crippen LogP contribution in [-0.4, -0.2) is 30.6 Å². The monoisotopic (exact) mass is 311 g/mol. The number of aromatic nitrogens is 4. The lowest BCUT2D eigenvalue weighted by atomic mass is 10.1. The van der Waals surface area contributed by atoms with Gasteiger partial charge in [-0.1, -0.05) is 12.1 Å². The van der Waals surface area contributed by atoms with Crippen molar-refractivity contribution < 1.29 is 10.2 Å². The first kappa shape index (κ1) is 15.0. The summed E-state index contributed by atoms with van der Waals surface area (Å²) in [6, 6.07) is 7.72. The first-order valence-corrected chi connectivity index (χ1v) is 7.16. The number of aliphatic hydroxyl groups excluding tert-OH is 1. The predicted octanol–water partition coefficient (Wildman–Crippen LogP) is 1.99. The number of aryl methyl sites for hydroxylation is 1. The van der Waals surface area contributed by atoms with E-state index < -0.39 is 0 Å². The van der Waals surface area contributed by atoms with Gasteiger partial charge in [0.2, 0.25) is 0 Å². The summed E-state index contributed by atoms with van der Waals surface area (Å²) in [6.45, 7) is 1.94. The number of aromatic amines is 1. The first-order valence-electron chi connectivity index (χ1n) is 7.16. The molecule has 2 heterocycles. The molecule has 0 saturated carbocycles. The van der Waals surface area contributed by atoms with Gasteiger partial charge >= 0.3 is 0 Å². The Morgan fingerprint density at radius 3 is 2.87 bits per heavy atom. The summed E-state index contributed by atoms with van der Waals surface area (Å²) in [6.07, 6.45) is 3.24. The van der Waals surface area contributed by atoms with Gasteiger partial charge in [0.05, 0.1) is 18.5 Å². The van der Waals surface area contributed by atoms with Crippen molar-refractivity contribution in [1.82, 2.24) is 20.4 Å². The molecule has 7 nitrogen and oxygen atoms in total. The largest absolute Gasteiger partial charge is 0.506 e. The molecule has 2 aromatic heterocycles. The van der Waals surface area contributed by atoms with E-state index in [1.807, 2.05) is 24.3 Å². The van der Waals surface area contributed by atoms with Crippen molar-refractivity contribution in [2.45, 2.75) is 20.1 Å². The fourth-order valence-corrected chi connectivity index (χ4v) is 2.34. The Balaban J connectivity index is 1.82. The van der Waals surface area contributed by atoms with Gasteiger partial charge in [0.25, 0.3) is 0 Å². The highest BCUT2D eigenvalue weighted by atomic mass is 16.3. The number of aromatic hydroxyl groups is 1. The number of nitrogens with zero attached hydrogens (tertiary/aromatic N) is 3. The fraction of sp³-hybridized carbons (Fsp3) is 0.188. The van der Waals surface area contributed by atoms with Crippen LogP contribution in [-0.2, 0) is 13.2 Å². The van der Waals surface area contributed by atoms with Crippen molar-refractivity contribution in [3.05, 3.63) is 53.5 Å². The van der Waals surface area contributed by atoms with Crippen molar-refractivity contribution in [1.29, 1.82) is 0 Å². The average Bonchev–Trinajstić information content (AvgIpc) is 3.11. The fourth-order valence-electron chi connectivity index (χ4n) is 2.34. The van der Waals surface area contributed by atoms with Crippen LogP contribution < -0.4 is 5.32 Å². The molecule has 0 amide bonds. The van der Waals surface area contributed by atoms with Crippen molar-refractivity contribution in [2.75, 3.05) is 5.32 Å². The topological polar surface area (TPSA) is 107 Å². The van der Waals surface area contributed by atoms with Gasteiger partial charge in [-0.2, -0.15) is 15.4 Å². The minimum absolute atomic E-state index is 0.108. The highest BCUT2D eigenvalue weighted by molar-refractivity contribution is 5.64. The SMILES string of the molecule is Cc1ncc(CO)c(CNc2cccc(-c3cn[nH]n3)c2)c1O. The summed E-state index contributed by atoms with van der Waals surface area (Å²) >= 11 is 0. The summed E-state index contributed by atoms with van der Waals surface area (Å²) in [5.74, 6) is 0.108. The molecule has 118 valence electrons. The van der Waals surface area contributed by atoms with E-state index >= 15 is 0 Å². The van der Waals surface area contributed by atoms with Crippen molar-refractivity contribution in [3.8, 4) is 17.0 Å². The smallest absolute Gasteiger partial charge is 0.142 e. The highest BCUT2D eigenvalue weighted by Gasteiger charge is 2.11. The summed E-state index contributed by atoms with van der Waals surface area (Å²) in [5, 5.41) is 33.2. The lowest BCUT2D eigenvalue weighted by Crippen LogP contribution is -2.05. The van der Waals surface area contributed by atoms with Gasteiger partial charge in [0.15, 0.2) is 0 Å². The minimum atomic E-state index is -0.170. The first-order chi connectivity index (χ1) is 11.2. The molecule has 3 aromatic rings. The van der Waals surface area contributed by atoms with Crippen LogP contribution in [0.4, 0.5) is 5.69 Å². The zero-order valence-electron chi connectivity index (χ0n) is 12.6. The maximum absolute atomic E-state index is 10.2. The Bertz CT molecular complexity index is 802. The van der Waals surface area contributed by atoms with E-state index in [-0.39, 0.29) is 12.4 Å². The predicted molar refractivity (Wildman–Crippen MR) is 85.7 cm³/mol. The molecule has 1 aromatic carbocycles. The van der Waals surface area contributed by atoms with Crippen LogP contribution in [0.15, 0.2) is 36.7 Å². The normalized spacial score (nSPS) is 10.7. The lowest BCUT2D eigenvalue weighted by Gasteiger charge is -2.13. The molecule has 4 N–H and O–H groups in total. The second-order valence-electron chi connectivity index (χ2n) is 5.14. The standard InChI is InChI=1S/C16H17N5O2/c1-10-16(23)14(12(9-22)6-17-10)7-18-13-4-2-3-11(5-13)15-8-19-21-20-15/h2-6,8,18,22-23H,7,9H2,1H3,(H,19,20,21). The zero-order valence-corrected chi connectivity index (χ0v) is 12.6. The molecule has 0 spiro atoms. The van der Waals surface area contributed by atoms with Crippen LogP contribution in [0, 0.1) is 6.92 Å². The third kappa shape index (κ3) is 3.14. The van der Waals surface area contributed by atoms with Crippen molar-refractivity contribution in [3.63, 3.8) is 0 Å². The Morgan fingerprint density at radius 1 is 1.26 bits per heavy atom. The highest BCUT2D eigenvalue weighted by Crippen LogP contribution is 2.26. The Hall–Kier alpha value is -2.93. The van der Waals surface area contributed by atoms with Gasteiger partial charge in [-0.3, -0.25) is 4.98 Å². The Labute approximate surface area is 133 Å². The molecular formula is C16H17N5O2. The van der Waals surface area contributed by atoms with Crippen LogP contribution in [0.5, 0.6) is 5.75 Å². The van der Waals surface area contributed by atoms with Gasteiger partial charge in [0.1, 0.15) is 11.4 Å². The van der Waals surface area contributed by atoms with Crippen LogP contribution in [0.1, 0.15) is 16.8 Å². The van der Waals surface area contributed by atoms with E-state index in [1.54, 1.807) is 19.3 Å². The van der Waals surface area contributed by atoms with Crippen molar-refractivity contribution in [2.24, 2.45) is 0 Å². The minimum Gasteiger partial charge on any atom is -0.506 e. The summed E-state index contributed by atoms with van der Waals surface area (Å²) in [5.41, 5.74) is 4.35. The average molecular weight is 311 g/mol. The molecule has 0 fully saturated rings. The quantitative estimate of drug-likeness (QED) is 0.574. The number of rotatable bonds is 5. The van der Waals surface area contributed by atoms with Gasteiger partial charge in [0, 0.05) is 35.1 Å². The molecule has 0 aliphatic carbocycles. The number of nitrogens with one attached hydrogen (secondary N) is 2. The van der Waals surface area contributed by atoms with E-state index in [0.717, 1.165) is 16.9 Å². The van der Waals surface area contributed by atoms with Crippen LogP contribution in [0.25, 0.3) is 11.3 Å². The van der Waals surface area contributed by atoms with Gasteiger partial charge in [-0.05, 0) is 19.1 Å². The molecule has 23 heavy (non-hydrogen) atoms. The number of hydrogen-bond acceptors (Lipinski definition) is 6. The Kier molecular flexibility index (Phi) is 4.20. The van der Waals surface area contributed by atoms with Gasteiger partial charge in [-0.15, -0.1) is 0 Å². The number of aliphatic hydroxyl groups is 1. The summed E-state index contributed by atoms with van der Waals surface area (Å²) in [7, 11) is 0. The summed E-state index contributed by atoms with van der Waals surface area (Å²) in [4.78, 5) is 4.06. The maximum Gasteiger partial charge on any atom is 0.142 e. The van der Waals surface area contributed by atoms with E-state index in [9.17, 15) is 10.2 Å². The third-order valence-corrected chi connectivity index (χ3v) is 3.64. The molecule has 0 radical (unpaired) electrons. The second kappa shape index (κ2) is 6.45. The molecule has 0 aliphatic rings. The van der Waals surface area contributed by atoms with Crippen LogP contribution in [0.3, 0.4) is 0 Å². The number of pyridine rings is 1. The van der Waals surface area contributed by atoms with Gasteiger partial charge < -0.3 is 15.5 Å². The number of benzene rings is 1. The zero-order chi connectivity index (χ0) is 16.2. The Morgan fingerprint density at radius 2 is 2.13 bits per heavy atom. The molecule has 0 bridgehead atoms.